The molecule has 0 radical (unpaired) electrons. The Morgan fingerprint density at radius 3 is 2.75 bits per heavy atom. The van der Waals surface area contributed by atoms with Crippen LogP contribution in [0.5, 0.6) is 11.5 Å². The fourth-order valence-electron chi connectivity index (χ4n) is 1.41. The first-order valence-electron chi connectivity index (χ1n) is 5.40. The lowest BCUT2D eigenvalue weighted by Crippen LogP contribution is -2.15. The van der Waals surface area contributed by atoms with Gasteiger partial charge in [0.15, 0.2) is 0 Å². The molecular weight excluding hydrogens is 206 g/mol. The summed E-state index contributed by atoms with van der Waals surface area (Å²) in [5.74, 6) is 1.41. The third-order valence-electron chi connectivity index (χ3n) is 2.27. The van der Waals surface area contributed by atoms with Gasteiger partial charge in [-0.05, 0) is 18.6 Å². The van der Waals surface area contributed by atoms with Crippen molar-refractivity contribution >= 4 is 0 Å². The van der Waals surface area contributed by atoms with Crippen LogP contribution in [-0.4, -0.2) is 25.4 Å². The van der Waals surface area contributed by atoms with Crippen molar-refractivity contribution < 1.29 is 14.6 Å². The number of hydrogen-bond donors (Lipinski definition) is 2. The first kappa shape index (κ1) is 12.8. The third-order valence-corrected chi connectivity index (χ3v) is 2.27. The van der Waals surface area contributed by atoms with Crippen molar-refractivity contribution in [3.63, 3.8) is 0 Å². The summed E-state index contributed by atoms with van der Waals surface area (Å²) in [7, 11) is 1.58. The maximum Gasteiger partial charge on any atom is 0.127 e. The summed E-state index contributed by atoms with van der Waals surface area (Å²) in [6, 6.07) is 5.03. The number of methoxy groups -OCH3 is 1. The molecule has 3 N–H and O–H groups in total. The summed E-state index contributed by atoms with van der Waals surface area (Å²) in [4.78, 5) is 0. The molecule has 1 aromatic carbocycles. The van der Waals surface area contributed by atoms with Crippen LogP contribution in [0.15, 0.2) is 18.2 Å². The number of rotatable bonds is 6. The summed E-state index contributed by atoms with van der Waals surface area (Å²) in [5, 5.41) is 9.01. The van der Waals surface area contributed by atoms with Crippen molar-refractivity contribution in [1.29, 1.82) is 0 Å². The van der Waals surface area contributed by atoms with Crippen LogP contribution in [0, 0.1) is 0 Å². The second-order valence-corrected chi connectivity index (χ2v) is 3.54. The van der Waals surface area contributed by atoms with E-state index >= 15 is 0 Å². The highest BCUT2D eigenvalue weighted by atomic mass is 16.5. The van der Waals surface area contributed by atoms with Gasteiger partial charge >= 0.3 is 0 Å². The second kappa shape index (κ2) is 6.35. The SMILES string of the molecule is CCCOc1ccc([C@H](N)CO)c(OC)c1. The molecule has 0 spiro atoms. The van der Waals surface area contributed by atoms with Crippen molar-refractivity contribution in [3.8, 4) is 11.5 Å². The highest BCUT2D eigenvalue weighted by Gasteiger charge is 2.11. The molecule has 0 aliphatic heterocycles. The van der Waals surface area contributed by atoms with E-state index in [1.807, 2.05) is 19.1 Å². The van der Waals surface area contributed by atoms with Crippen molar-refractivity contribution in [1.82, 2.24) is 0 Å². The lowest BCUT2D eigenvalue weighted by atomic mass is 10.1. The molecule has 1 rings (SSSR count). The van der Waals surface area contributed by atoms with Crippen LogP contribution >= 0.6 is 0 Å². The number of benzene rings is 1. The van der Waals surface area contributed by atoms with E-state index in [9.17, 15) is 0 Å². The van der Waals surface area contributed by atoms with E-state index in [4.69, 9.17) is 20.3 Å². The molecule has 0 unspecified atom stereocenters. The minimum Gasteiger partial charge on any atom is -0.496 e. The van der Waals surface area contributed by atoms with E-state index in [2.05, 4.69) is 0 Å². The zero-order chi connectivity index (χ0) is 12.0. The Labute approximate surface area is 96.0 Å². The molecule has 4 nitrogen and oxygen atoms in total. The number of hydrogen-bond acceptors (Lipinski definition) is 4. The molecule has 0 saturated heterocycles. The molecule has 16 heavy (non-hydrogen) atoms. The molecule has 0 bridgehead atoms. The maximum absolute atomic E-state index is 9.01. The van der Waals surface area contributed by atoms with E-state index in [1.165, 1.54) is 0 Å². The largest absolute Gasteiger partial charge is 0.496 e. The quantitative estimate of drug-likeness (QED) is 0.769. The first-order valence-corrected chi connectivity index (χ1v) is 5.40. The highest BCUT2D eigenvalue weighted by molar-refractivity contribution is 5.42. The van der Waals surface area contributed by atoms with Gasteiger partial charge in [-0.15, -0.1) is 0 Å². The van der Waals surface area contributed by atoms with Gasteiger partial charge in [0.25, 0.3) is 0 Å². The molecule has 0 amide bonds. The standard InChI is InChI=1S/C12H19NO3/c1-3-6-16-9-4-5-10(11(13)8-14)12(7-9)15-2/h4-5,7,11,14H,3,6,8,13H2,1-2H3/t11-/m1/s1. The number of nitrogens with two attached hydrogens (primary N) is 1. The smallest absolute Gasteiger partial charge is 0.127 e. The Balaban J connectivity index is 2.88. The molecule has 0 aliphatic carbocycles. The van der Waals surface area contributed by atoms with Gasteiger partial charge < -0.3 is 20.3 Å². The lowest BCUT2D eigenvalue weighted by Gasteiger charge is -2.15. The summed E-state index contributed by atoms with van der Waals surface area (Å²) in [6.07, 6.45) is 0.959. The summed E-state index contributed by atoms with van der Waals surface area (Å²) in [5.41, 5.74) is 6.54. The van der Waals surface area contributed by atoms with E-state index in [1.54, 1.807) is 13.2 Å². The molecule has 1 atom stereocenters. The molecule has 0 saturated carbocycles. The van der Waals surface area contributed by atoms with Crippen LogP contribution in [0.3, 0.4) is 0 Å². The van der Waals surface area contributed by atoms with E-state index in [0.29, 0.717) is 12.4 Å². The summed E-state index contributed by atoms with van der Waals surface area (Å²) in [6.45, 7) is 2.62. The number of aliphatic hydroxyl groups excluding tert-OH is 1. The van der Waals surface area contributed by atoms with Crippen LogP contribution in [0.25, 0.3) is 0 Å². The van der Waals surface area contributed by atoms with Crippen LogP contribution in [0.2, 0.25) is 0 Å². The number of aliphatic hydroxyl groups is 1. The molecular formula is C12H19NO3. The van der Waals surface area contributed by atoms with Crippen molar-refractivity contribution in [2.75, 3.05) is 20.3 Å². The highest BCUT2D eigenvalue weighted by Crippen LogP contribution is 2.28. The van der Waals surface area contributed by atoms with Crippen LogP contribution < -0.4 is 15.2 Å². The Kier molecular flexibility index (Phi) is 5.08. The minimum absolute atomic E-state index is 0.106. The van der Waals surface area contributed by atoms with E-state index < -0.39 is 6.04 Å². The Hall–Kier alpha value is -1.26. The Bertz CT molecular complexity index is 328. The Morgan fingerprint density at radius 1 is 1.44 bits per heavy atom. The van der Waals surface area contributed by atoms with Gasteiger partial charge in [0, 0.05) is 11.6 Å². The first-order chi connectivity index (χ1) is 7.72. The van der Waals surface area contributed by atoms with Crippen molar-refractivity contribution in [3.05, 3.63) is 23.8 Å². The predicted octanol–water partition coefficient (Wildman–Crippen LogP) is 1.48. The predicted molar refractivity (Wildman–Crippen MR) is 62.8 cm³/mol. The van der Waals surface area contributed by atoms with Gasteiger partial charge in [-0.2, -0.15) is 0 Å². The molecule has 4 heteroatoms. The van der Waals surface area contributed by atoms with Crippen LogP contribution in [-0.2, 0) is 0 Å². The van der Waals surface area contributed by atoms with Gasteiger partial charge in [-0.1, -0.05) is 6.92 Å². The zero-order valence-corrected chi connectivity index (χ0v) is 9.77. The van der Waals surface area contributed by atoms with Crippen molar-refractivity contribution in [2.45, 2.75) is 19.4 Å². The summed E-state index contributed by atoms with van der Waals surface area (Å²) >= 11 is 0. The van der Waals surface area contributed by atoms with Crippen molar-refractivity contribution in [2.24, 2.45) is 5.73 Å². The average molecular weight is 225 g/mol. The topological polar surface area (TPSA) is 64.7 Å². The van der Waals surface area contributed by atoms with Crippen LogP contribution in [0.4, 0.5) is 0 Å². The molecule has 0 aromatic heterocycles. The normalized spacial score (nSPS) is 12.2. The molecule has 1 aromatic rings. The fourth-order valence-corrected chi connectivity index (χ4v) is 1.41. The van der Waals surface area contributed by atoms with E-state index in [-0.39, 0.29) is 6.61 Å². The molecule has 0 aliphatic rings. The molecule has 90 valence electrons. The average Bonchev–Trinajstić information content (AvgIpc) is 2.34. The zero-order valence-electron chi connectivity index (χ0n) is 9.77. The van der Waals surface area contributed by atoms with E-state index in [0.717, 1.165) is 17.7 Å². The number of ether oxygens (including phenoxy) is 2. The summed E-state index contributed by atoms with van der Waals surface area (Å²) < 4.78 is 10.7. The lowest BCUT2D eigenvalue weighted by molar-refractivity contribution is 0.264. The monoisotopic (exact) mass is 225 g/mol. The Morgan fingerprint density at radius 2 is 2.19 bits per heavy atom. The minimum atomic E-state index is -0.421. The third kappa shape index (κ3) is 3.12. The van der Waals surface area contributed by atoms with Gasteiger partial charge in [-0.25, -0.2) is 0 Å². The molecule has 0 fully saturated rings. The fraction of sp³-hybridized carbons (Fsp3) is 0.500. The van der Waals surface area contributed by atoms with Gasteiger partial charge in [0.1, 0.15) is 11.5 Å². The van der Waals surface area contributed by atoms with Gasteiger partial charge in [0.05, 0.1) is 26.4 Å². The van der Waals surface area contributed by atoms with Crippen LogP contribution in [0.1, 0.15) is 24.9 Å². The molecule has 0 heterocycles. The van der Waals surface area contributed by atoms with Gasteiger partial charge in [-0.3, -0.25) is 0 Å². The van der Waals surface area contributed by atoms with Gasteiger partial charge in [0.2, 0.25) is 0 Å². The maximum atomic E-state index is 9.01. The second-order valence-electron chi connectivity index (χ2n) is 3.54.